The Kier molecular flexibility index (Phi) is 7.52. The number of rotatable bonds is 9. The van der Waals surface area contributed by atoms with Crippen LogP contribution in [0.15, 0.2) is 42.7 Å². The van der Waals surface area contributed by atoms with E-state index in [-0.39, 0.29) is 18.2 Å². The van der Waals surface area contributed by atoms with Crippen molar-refractivity contribution in [2.75, 3.05) is 30.4 Å². The molecule has 204 valence electrons. The summed E-state index contributed by atoms with van der Waals surface area (Å²) in [6.45, 7) is 6.00. The van der Waals surface area contributed by atoms with E-state index in [4.69, 9.17) is 9.84 Å². The molecule has 1 atom stereocenters. The van der Waals surface area contributed by atoms with E-state index < -0.39 is 11.7 Å². The molecule has 0 bridgehead atoms. The lowest BCUT2D eigenvalue weighted by atomic mass is 10.0. The van der Waals surface area contributed by atoms with Crippen molar-refractivity contribution in [3.63, 3.8) is 0 Å². The average Bonchev–Trinajstić information content (AvgIpc) is 3.66. The standard InChI is InChI=1S/C28H35F3N6O/c1-18-10-13-32-27(38-3)25(18)36-14-11-21(12-15-36)34-19(2)23-17-37(22-8-9-22)35-26(23)33-16-20-6-4-5-7-24(20)28(29,30)31/h4-7,10,13,17,19,21-22,34H,8-9,11-12,14-16H2,1-3H3,(H,33,35). The van der Waals surface area contributed by atoms with Crippen LogP contribution in [0.3, 0.4) is 0 Å². The van der Waals surface area contributed by atoms with Crippen LogP contribution in [0.5, 0.6) is 5.88 Å². The summed E-state index contributed by atoms with van der Waals surface area (Å²) in [6, 6.07) is 8.38. The Balaban J connectivity index is 1.26. The lowest BCUT2D eigenvalue weighted by molar-refractivity contribution is -0.138. The van der Waals surface area contributed by atoms with Crippen LogP contribution in [-0.2, 0) is 12.7 Å². The number of ether oxygens (including phenoxy) is 1. The molecule has 0 amide bonds. The maximum Gasteiger partial charge on any atom is 0.416 e. The topological polar surface area (TPSA) is 67.2 Å². The van der Waals surface area contributed by atoms with Crippen LogP contribution in [0.4, 0.5) is 24.7 Å². The van der Waals surface area contributed by atoms with Crippen LogP contribution in [0.25, 0.3) is 0 Å². The minimum Gasteiger partial charge on any atom is -0.480 e. The molecular formula is C28H35F3N6O. The number of aromatic nitrogens is 3. The number of hydrogen-bond donors (Lipinski definition) is 2. The zero-order valence-electron chi connectivity index (χ0n) is 22.1. The third-order valence-corrected chi connectivity index (χ3v) is 7.50. The lowest BCUT2D eigenvalue weighted by Crippen LogP contribution is -2.43. The Hall–Kier alpha value is -3.27. The van der Waals surface area contributed by atoms with Crippen LogP contribution in [0.1, 0.15) is 66.9 Å². The van der Waals surface area contributed by atoms with E-state index in [9.17, 15) is 13.2 Å². The van der Waals surface area contributed by atoms with Crippen LogP contribution in [-0.4, -0.2) is 41.0 Å². The monoisotopic (exact) mass is 528 g/mol. The van der Waals surface area contributed by atoms with Gasteiger partial charge in [-0.05, 0) is 62.8 Å². The first kappa shape index (κ1) is 26.3. The molecule has 2 aliphatic rings. The molecule has 1 unspecified atom stereocenters. The molecule has 0 spiro atoms. The van der Waals surface area contributed by atoms with E-state index in [0.29, 0.717) is 23.8 Å². The van der Waals surface area contributed by atoms with Gasteiger partial charge in [0.05, 0.1) is 18.7 Å². The van der Waals surface area contributed by atoms with Crippen molar-refractivity contribution in [3.8, 4) is 5.88 Å². The quantitative estimate of drug-likeness (QED) is 0.362. The molecule has 2 fully saturated rings. The van der Waals surface area contributed by atoms with Crippen molar-refractivity contribution in [1.82, 2.24) is 20.1 Å². The molecule has 7 nitrogen and oxygen atoms in total. The molecule has 1 saturated carbocycles. The predicted octanol–water partition coefficient (Wildman–Crippen LogP) is 5.88. The van der Waals surface area contributed by atoms with Gasteiger partial charge in [-0.1, -0.05) is 18.2 Å². The number of hydrogen-bond acceptors (Lipinski definition) is 6. The fraction of sp³-hybridized carbons (Fsp3) is 0.500. The number of alkyl halides is 3. The number of halogens is 3. The van der Waals surface area contributed by atoms with Crippen molar-refractivity contribution in [3.05, 3.63) is 65.0 Å². The van der Waals surface area contributed by atoms with E-state index >= 15 is 0 Å². The Bertz CT molecular complexity index is 1250. The molecule has 38 heavy (non-hydrogen) atoms. The van der Waals surface area contributed by atoms with Crippen molar-refractivity contribution in [1.29, 1.82) is 0 Å². The van der Waals surface area contributed by atoms with Gasteiger partial charge in [0.1, 0.15) is 5.69 Å². The van der Waals surface area contributed by atoms with Crippen LogP contribution < -0.4 is 20.3 Å². The Morgan fingerprint density at radius 3 is 2.53 bits per heavy atom. The molecule has 0 radical (unpaired) electrons. The summed E-state index contributed by atoms with van der Waals surface area (Å²) in [4.78, 5) is 6.71. The van der Waals surface area contributed by atoms with Gasteiger partial charge >= 0.3 is 6.18 Å². The second-order valence-corrected chi connectivity index (χ2v) is 10.3. The third-order valence-electron chi connectivity index (χ3n) is 7.50. The lowest BCUT2D eigenvalue weighted by Gasteiger charge is -2.36. The summed E-state index contributed by atoms with van der Waals surface area (Å²) in [5.41, 5.74) is 2.77. The zero-order chi connectivity index (χ0) is 26.9. The first-order valence-corrected chi connectivity index (χ1v) is 13.2. The largest absolute Gasteiger partial charge is 0.480 e. The second kappa shape index (κ2) is 10.8. The van der Waals surface area contributed by atoms with E-state index in [1.807, 2.05) is 16.9 Å². The van der Waals surface area contributed by atoms with E-state index in [2.05, 4.69) is 34.4 Å². The fourth-order valence-corrected chi connectivity index (χ4v) is 5.29. The van der Waals surface area contributed by atoms with E-state index in [1.165, 1.54) is 12.1 Å². The molecule has 2 aromatic heterocycles. The van der Waals surface area contributed by atoms with E-state index in [0.717, 1.165) is 61.7 Å². The molecule has 1 aliphatic carbocycles. The molecule has 1 aliphatic heterocycles. The van der Waals surface area contributed by atoms with Crippen LogP contribution >= 0.6 is 0 Å². The molecule has 3 aromatic rings. The maximum absolute atomic E-state index is 13.5. The highest BCUT2D eigenvalue weighted by atomic mass is 19.4. The van der Waals surface area contributed by atoms with Gasteiger partial charge in [-0.25, -0.2) is 4.98 Å². The van der Waals surface area contributed by atoms with Gasteiger partial charge in [0.2, 0.25) is 5.88 Å². The van der Waals surface area contributed by atoms with Gasteiger partial charge in [-0.15, -0.1) is 0 Å². The summed E-state index contributed by atoms with van der Waals surface area (Å²) >= 11 is 0. The zero-order valence-corrected chi connectivity index (χ0v) is 22.1. The Morgan fingerprint density at radius 2 is 1.84 bits per heavy atom. The van der Waals surface area contributed by atoms with Crippen molar-refractivity contribution < 1.29 is 17.9 Å². The maximum atomic E-state index is 13.5. The molecule has 2 N–H and O–H groups in total. The van der Waals surface area contributed by atoms with Gasteiger partial charge in [0.25, 0.3) is 0 Å². The first-order valence-electron chi connectivity index (χ1n) is 13.2. The Morgan fingerprint density at radius 1 is 1.11 bits per heavy atom. The van der Waals surface area contributed by atoms with E-state index in [1.54, 1.807) is 19.4 Å². The van der Waals surface area contributed by atoms with Crippen molar-refractivity contribution in [2.45, 2.75) is 70.4 Å². The number of aryl methyl sites for hydroxylation is 1. The summed E-state index contributed by atoms with van der Waals surface area (Å²) in [6.07, 6.45) is 3.50. The van der Waals surface area contributed by atoms with Crippen molar-refractivity contribution >= 4 is 11.5 Å². The molecule has 3 heterocycles. The normalized spacial score (nSPS) is 17.5. The smallest absolute Gasteiger partial charge is 0.416 e. The summed E-state index contributed by atoms with van der Waals surface area (Å²) in [5.74, 6) is 1.29. The number of methoxy groups -OCH3 is 1. The molecule has 5 rings (SSSR count). The molecular weight excluding hydrogens is 493 g/mol. The minimum atomic E-state index is -4.39. The number of pyridine rings is 1. The number of nitrogens with zero attached hydrogens (tertiary/aromatic N) is 4. The minimum absolute atomic E-state index is 0.00549. The fourth-order valence-electron chi connectivity index (χ4n) is 5.29. The molecule has 1 aromatic carbocycles. The number of anilines is 2. The van der Waals surface area contributed by atoms with Gasteiger partial charge in [-0.3, -0.25) is 4.68 Å². The van der Waals surface area contributed by atoms with Gasteiger partial charge in [0, 0.05) is 49.7 Å². The first-order chi connectivity index (χ1) is 18.2. The SMILES string of the molecule is COc1nccc(C)c1N1CCC(NC(C)c2cn(C3CC3)nc2NCc2ccccc2C(F)(F)F)CC1. The summed E-state index contributed by atoms with van der Waals surface area (Å²) < 4.78 is 47.9. The molecule has 1 saturated heterocycles. The number of piperidine rings is 1. The third kappa shape index (κ3) is 5.75. The highest BCUT2D eigenvalue weighted by Crippen LogP contribution is 2.38. The summed E-state index contributed by atoms with van der Waals surface area (Å²) in [5, 5.41) is 11.7. The predicted molar refractivity (Wildman–Crippen MR) is 142 cm³/mol. The van der Waals surface area contributed by atoms with Crippen LogP contribution in [0.2, 0.25) is 0 Å². The number of benzene rings is 1. The average molecular weight is 529 g/mol. The molecule has 10 heteroatoms. The Labute approximate surface area is 221 Å². The van der Waals surface area contributed by atoms with Crippen LogP contribution in [0, 0.1) is 6.92 Å². The second-order valence-electron chi connectivity index (χ2n) is 10.3. The van der Waals surface area contributed by atoms with Gasteiger partial charge in [0.15, 0.2) is 5.82 Å². The summed E-state index contributed by atoms with van der Waals surface area (Å²) in [7, 11) is 1.65. The highest BCUT2D eigenvalue weighted by molar-refractivity contribution is 5.60. The highest BCUT2D eigenvalue weighted by Gasteiger charge is 2.33. The van der Waals surface area contributed by atoms with Gasteiger partial charge < -0.3 is 20.3 Å². The van der Waals surface area contributed by atoms with Crippen molar-refractivity contribution in [2.24, 2.45) is 0 Å². The number of nitrogens with one attached hydrogen (secondary N) is 2. The van der Waals surface area contributed by atoms with Gasteiger partial charge in [-0.2, -0.15) is 18.3 Å².